The SMILES string of the molecule is [B]c1cnn2c(NCc3cccc(NC(=O)c4ccc(OC)cc4)c3)cc(-c3ccccc3Cl)nc12. The Hall–Kier alpha value is -4.30. The average molecular weight is 494 g/mol. The smallest absolute Gasteiger partial charge is 0.255 e. The summed E-state index contributed by atoms with van der Waals surface area (Å²) in [5.41, 5.74) is 4.69. The lowest BCUT2D eigenvalue weighted by molar-refractivity contribution is 0.102. The summed E-state index contributed by atoms with van der Waals surface area (Å²) in [5.74, 6) is 1.20. The van der Waals surface area contributed by atoms with Crippen molar-refractivity contribution in [3.05, 3.63) is 101 Å². The van der Waals surface area contributed by atoms with Crippen LogP contribution in [0.15, 0.2) is 85.1 Å². The fourth-order valence-electron chi connectivity index (χ4n) is 3.81. The fraction of sp³-hybridized carbons (Fsp3) is 0.0741. The number of halogens is 1. The minimum atomic E-state index is -0.199. The molecule has 5 aromatic rings. The van der Waals surface area contributed by atoms with Gasteiger partial charge in [0.25, 0.3) is 5.91 Å². The van der Waals surface area contributed by atoms with Crippen molar-refractivity contribution in [2.24, 2.45) is 0 Å². The molecule has 1 amide bonds. The van der Waals surface area contributed by atoms with Crippen LogP contribution >= 0.6 is 11.6 Å². The van der Waals surface area contributed by atoms with E-state index in [1.165, 1.54) is 0 Å². The van der Waals surface area contributed by atoms with Gasteiger partial charge in [-0.15, -0.1) is 0 Å². The van der Waals surface area contributed by atoms with Gasteiger partial charge >= 0.3 is 0 Å². The van der Waals surface area contributed by atoms with Crippen LogP contribution in [0.3, 0.4) is 0 Å². The molecule has 0 bridgehead atoms. The number of nitrogens with one attached hydrogen (secondary N) is 2. The maximum absolute atomic E-state index is 12.6. The number of carbonyl (C=O) groups excluding carboxylic acids is 1. The Morgan fingerprint density at radius 1 is 1.06 bits per heavy atom. The van der Waals surface area contributed by atoms with Gasteiger partial charge in [0.2, 0.25) is 0 Å². The number of hydrogen-bond acceptors (Lipinski definition) is 5. The first-order valence-electron chi connectivity index (χ1n) is 11.2. The first-order chi connectivity index (χ1) is 17.5. The number of nitrogens with zero attached hydrogens (tertiary/aromatic N) is 3. The van der Waals surface area contributed by atoms with Gasteiger partial charge in [0, 0.05) is 40.6 Å². The molecule has 2 radical (unpaired) electrons. The number of aromatic nitrogens is 3. The van der Waals surface area contributed by atoms with Gasteiger partial charge in [-0.1, -0.05) is 41.9 Å². The molecule has 0 aliphatic rings. The van der Waals surface area contributed by atoms with Gasteiger partial charge in [0.1, 0.15) is 19.4 Å². The molecular weight excluding hydrogens is 473 g/mol. The van der Waals surface area contributed by atoms with Crippen molar-refractivity contribution in [2.75, 3.05) is 17.7 Å². The van der Waals surface area contributed by atoms with Gasteiger partial charge < -0.3 is 15.4 Å². The second kappa shape index (κ2) is 10.1. The summed E-state index contributed by atoms with van der Waals surface area (Å²) in [4.78, 5) is 17.3. The van der Waals surface area contributed by atoms with Crippen molar-refractivity contribution in [1.29, 1.82) is 0 Å². The third kappa shape index (κ3) is 4.90. The number of fused-ring (bicyclic) bond motifs is 1. The van der Waals surface area contributed by atoms with E-state index in [1.54, 1.807) is 42.1 Å². The van der Waals surface area contributed by atoms with E-state index in [1.807, 2.05) is 54.6 Å². The Kier molecular flexibility index (Phi) is 6.60. The second-order valence-corrected chi connectivity index (χ2v) is 8.49. The molecule has 0 fully saturated rings. The van der Waals surface area contributed by atoms with Crippen molar-refractivity contribution in [2.45, 2.75) is 6.54 Å². The molecule has 5 rings (SSSR count). The lowest BCUT2D eigenvalue weighted by Gasteiger charge is -2.13. The van der Waals surface area contributed by atoms with Gasteiger partial charge in [-0.25, -0.2) is 4.98 Å². The summed E-state index contributed by atoms with van der Waals surface area (Å²) < 4.78 is 6.81. The first-order valence-corrected chi connectivity index (χ1v) is 11.6. The quantitative estimate of drug-likeness (QED) is 0.321. The van der Waals surface area contributed by atoms with E-state index >= 15 is 0 Å². The molecule has 36 heavy (non-hydrogen) atoms. The summed E-state index contributed by atoms with van der Waals surface area (Å²) in [6.07, 6.45) is 1.57. The Morgan fingerprint density at radius 2 is 1.86 bits per heavy atom. The maximum Gasteiger partial charge on any atom is 0.255 e. The molecule has 0 atom stereocenters. The molecule has 0 saturated heterocycles. The number of hydrogen-bond donors (Lipinski definition) is 2. The molecule has 0 unspecified atom stereocenters. The lowest BCUT2D eigenvalue weighted by Crippen LogP contribution is -2.12. The largest absolute Gasteiger partial charge is 0.497 e. The van der Waals surface area contributed by atoms with Crippen molar-refractivity contribution < 1.29 is 9.53 Å². The van der Waals surface area contributed by atoms with Crippen molar-refractivity contribution in [3.63, 3.8) is 0 Å². The summed E-state index contributed by atoms with van der Waals surface area (Å²) >= 11 is 6.41. The number of rotatable bonds is 7. The standard InChI is InChI=1S/C27H21BClN5O2/c1-36-20-11-9-18(10-12-20)27(35)32-19-6-4-5-17(13-19)15-30-25-14-24(21-7-2-3-8-23(21)29)33-26-22(28)16-31-34(25)26/h2-14,16,30H,15H2,1H3,(H,32,35). The number of benzene rings is 3. The highest BCUT2D eigenvalue weighted by molar-refractivity contribution is 6.36. The Balaban J connectivity index is 1.36. The van der Waals surface area contributed by atoms with Crippen molar-refractivity contribution >= 4 is 48.0 Å². The number of ether oxygens (including phenoxy) is 1. The van der Waals surface area contributed by atoms with E-state index < -0.39 is 0 Å². The summed E-state index contributed by atoms with van der Waals surface area (Å²) in [7, 11) is 7.70. The number of amides is 1. The van der Waals surface area contributed by atoms with Crippen LogP contribution < -0.4 is 20.8 Å². The topological polar surface area (TPSA) is 80.5 Å². The van der Waals surface area contributed by atoms with Crippen LogP contribution in [-0.2, 0) is 6.54 Å². The van der Waals surface area contributed by atoms with Crippen molar-refractivity contribution in [3.8, 4) is 17.0 Å². The van der Waals surface area contributed by atoms with E-state index in [9.17, 15) is 4.79 Å². The van der Waals surface area contributed by atoms with Gasteiger partial charge in [-0.2, -0.15) is 9.61 Å². The highest BCUT2D eigenvalue weighted by Crippen LogP contribution is 2.28. The minimum absolute atomic E-state index is 0.199. The molecule has 0 saturated carbocycles. The molecule has 3 aromatic carbocycles. The molecule has 0 spiro atoms. The van der Waals surface area contributed by atoms with E-state index in [4.69, 9.17) is 24.2 Å². The van der Waals surface area contributed by atoms with Crippen LogP contribution in [0.25, 0.3) is 16.9 Å². The summed E-state index contributed by atoms with van der Waals surface area (Å²) in [6, 6.07) is 24.0. The maximum atomic E-state index is 12.6. The highest BCUT2D eigenvalue weighted by Gasteiger charge is 2.13. The third-order valence-electron chi connectivity index (χ3n) is 5.66. The Labute approximate surface area is 214 Å². The average Bonchev–Trinajstić information content (AvgIpc) is 3.28. The minimum Gasteiger partial charge on any atom is -0.497 e. The van der Waals surface area contributed by atoms with Crippen LogP contribution in [0.2, 0.25) is 5.02 Å². The van der Waals surface area contributed by atoms with E-state index in [2.05, 4.69) is 20.7 Å². The van der Waals surface area contributed by atoms with Crippen LogP contribution in [0.1, 0.15) is 15.9 Å². The van der Waals surface area contributed by atoms with Crippen LogP contribution in [0.5, 0.6) is 5.75 Å². The summed E-state index contributed by atoms with van der Waals surface area (Å²) in [6.45, 7) is 0.479. The molecule has 2 aromatic heterocycles. The zero-order valence-corrected chi connectivity index (χ0v) is 20.2. The second-order valence-electron chi connectivity index (χ2n) is 8.08. The number of methoxy groups -OCH3 is 1. The van der Waals surface area contributed by atoms with E-state index in [0.29, 0.717) is 51.2 Å². The monoisotopic (exact) mass is 493 g/mol. The van der Waals surface area contributed by atoms with Crippen LogP contribution in [-0.4, -0.2) is 35.5 Å². The Morgan fingerprint density at radius 3 is 2.64 bits per heavy atom. The zero-order chi connectivity index (χ0) is 25.1. The predicted molar refractivity (Wildman–Crippen MR) is 144 cm³/mol. The highest BCUT2D eigenvalue weighted by atomic mass is 35.5. The van der Waals surface area contributed by atoms with Gasteiger partial charge in [0.05, 0.1) is 12.8 Å². The van der Waals surface area contributed by atoms with Crippen molar-refractivity contribution in [1.82, 2.24) is 14.6 Å². The normalized spacial score (nSPS) is 10.8. The molecule has 0 aliphatic heterocycles. The molecule has 2 N–H and O–H groups in total. The fourth-order valence-corrected chi connectivity index (χ4v) is 4.04. The van der Waals surface area contributed by atoms with Gasteiger partial charge in [-0.3, -0.25) is 4.79 Å². The van der Waals surface area contributed by atoms with Gasteiger partial charge in [0.15, 0.2) is 5.65 Å². The molecule has 7 nitrogen and oxygen atoms in total. The first kappa shape index (κ1) is 23.4. The predicted octanol–water partition coefficient (Wildman–Crippen LogP) is 4.72. The van der Waals surface area contributed by atoms with Crippen LogP contribution in [0, 0.1) is 0 Å². The molecule has 0 aliphatic carbocycles. The van der Waals surface area contributed by atoms with E-state index in [0.717, 1.165) is 11.1 Å². The molecule has 176 valence electrons. The third-order valence-corrected chi connectivity index (χ3v) is 5.99. The zero-order valence-electron chi connectivity index (χ0n) is 19.4. The lowest BCUT2D eigenvalue weighted by atomic mass is 10.0. The van der Waals surface area contributed by atoms with Crippen LogP contribution in [0.4, 0.5) is 11.5 Å². The number of anilines is 2. The molecular formula is C27H21BClN5O2. The van der Waals surface area contributed by atoms with Gasteiger partial charge in [-0.05, 0) is 53.5 Å². The van der Waals surface area contributed by atoms with E-state index in [-0.39, 0.29) is 5.91 Å². The number of carbonyl (C=O) groups is 1. The summed E-state index contributed by atoms with van der Waals surface area (Å²) in [5, 5.41) is 11.3. The molecule has 9 heteroatoms. The Bertz CT molecular complexity index is 1550. The molecule has 2 heterocycles.